The molecule has 0 radical (unpaired) electrons. The molecule has 3 N–H and O–H groups in total. The topological polar surface area (TPSA) is 59.6 Å². The monoisotopic (exact) mass is 365 g/mol. The fourth-order valence-electron chi connectivity index (χ4n) is 2.43. The maximum Gasteiger partial charge on any atom is 0.188 e. The van der Waals surface area contributed by atoms with Crippen LogP contribution in [0.2, 0.25) is 0 Å². The van der Waals surface area contributed by atoms with Crippen molar-refractivity contribution in [2.75, 3.05) is 6.54 Å². The van der Waals surface area contributed by atoms with Gasteiger partial charge in [0, 0.05) is 11.4 Å². The SMILES string of the molecule is NC(=NCc1ccc(COc2ccccc2)cc1)NCCc1cccs1. The van der Waals surface area contributed by atoms with Gasteiger partial charge in [0.1, 0.15) is 12.4 Å². The van der Waals surface area contributed by atoms with Crippen LogP contribution in [-0.2, 0) is 19.6 Å². The summed E-state index contributed by atoms with van der Waals surface area (Å²) < 4.78 is 5.75. The van der Waals surface area contributed by atoms with Crippen LogP contribution in [0.1, 0.15) is 16.0 Å². The third-order valence-corrected chi connectivity index (χ3v) is 4.80. The minimum atomic E-state index is 0.484. The summed E-state index contributed by atoms with van der Waals surface area (Å²) in [6, 6.07) is 22.3. The zero-order valence-corrected chi connectivity index (χ0v) is 15.4. The van der Waals surface area contributed by atoms with E-state index in [1.165, 1.54) is 4.88 Å². The van der Waals surface area contributed by atoms with Gasteiger partial charge in [0.2, 0.25) is 0 Å². The standard InChI is InChI=1S/C21H23N3OS/c22-21(23-13-12-20-7-4-14-26-20)24-15-17-8-10-18(11-9-17)16-25-19-5-2-1-3-6-19/h1-11,14H,12-13,15-16H2,(H3,22,23,24). The predicted molar refractivity (Wildman–Crippen MR) is 109 cm³/mol. The Morgan fingerprint density at radius 3 is 2.46 bits per heavy atom. The second-order valence-corrected chi connectivity index (χ2v) is 6.91. The van der Waals surface area contributed by atoms with Gasteiger partial charge in [0.25, 0.3) is 0 Å². The number of benzene rings is 2. The molecule has 0 atom stereocenters. The highest BCUT2D eigenvalue weighted by atomic mass is 32.1. The largest absolute Gasteiger partial charge is 0.489 e. The summed E-state index contributed by atoms with van der Waals surface area (Å²) in [4.78, 5) is 5.74. The molecule has 3 rings (SSSR count). The van der Waals surface area contributed by atoms with Crippen molar-refractivity contribution in [3.63, 3.8) is 0 Å². The molecule has 3 aromatic rings. The summed E-state index contributed by atoms with van der Waals surface area (Å²) in [5, 5.41) is 5.24. The van der Waals surface area contributed by atoms with Crippen LogP contribution in [0.5, 0.6) is 5.75 Å². The van der Waals surface area contributed by atoms with Gasteiger partial charge in [0.05, 0.1) is 6.54 Å². The van der Waals surface area contributed by atoms with Crippen LogP contribution in [0.25, 0.3) is 0 Å². The molecule has 0 saturated carbocycles. The predicted octanol–water partition coefficient (Wildman–Crippen LogP) is 3.97. The molecular formula is C21H23N3OS. The first-order valence-electron chi connectivity index (χ1n) is 8.61. The van der Waals surface area contributed by atoms with Crippen LogP contribution in [0.3, 0.4) is 0 Å². The van der Waals surface area contributed by atoms with Gasteiger partial charge >= 0.3 is 0 Å². The second-order valence-electron chi connectivity index (χ2n) is 5.88. The Labute approximate surface area is 158 Å². The van der Waals surface area contributed by atoms with E-state index >= 15 is 0 Å². The summed E-state index contributed by atoms with van der Waals surface area (Å²) in [5.74, 6) is 1.36. The number of guanidine groups is 1. The molecule has 4 nitrogen and oxygen atoms in total. The number of aliphatic imine (C=N–C) groups is 1. The Hall–Kier alpha value is -2.79. The van der Waals surface area contributed by atoms with Crippen molar-refractivity contribution in [3.8, 4) is 5.75 Å². The fraction of sp³-hybridized carbons (Fsp3) is 0.190. The van der Waals surface area contributed by atoms with Crippen molar-refractivity contribution < 1.29 is 4.74 Å². The number of nitrogens with zero attached hydrogens (tertiary/aromatic N) is 1. The molecular weight excluding hydrogens is 342 g/mol. The van der Waals surface area contributed by atoms with E-state index in [0.29, 0.717) is 19.1 Å². The van der Waals surface area contributed by atoms with E-state index in [1.807, 2.05) is 30.3 Å². The number of nitrogens with two attached hydrogens (primary N) is 1. The summed E-state index contributed by atoms with van der Waals surface area (Å²) >= 11 is 1.76. The summed E-state index contributed by atoms with van der Waals surface area (Å²) in [5.41, 5.74) is 8.18. The summed E-state index contributed by atoms with van der Waals surface area (Å²) in [6.07, 6.45) is 0.962. The number of hydrogen-bond acceptors (Lipinski definition) is 3. The first kappa shape index (κ1) is 18.0. The molecule has 0 fully saturated rings. The van der Waals surface area contributed by atoms with Gasteiger partial charge in [0.15, 0.2) is 5.96 Å². The van der Waals surface area contributed by atoms with Gasteiger partial charge in [-0.25, -0.2) is 4.99 Å². The molecule has 0 spiro atoms. The van der Waals surface area contributed by atoms with Crippen molar-refractivity contribution in [1.29, 1.82) is 0 Å². The zero-order valence-electron chi connectivity index (χ0n) is 14.6. The van der Waals surface area contributed by atoms with Gasteiger partial charge in [-0.15, -0.1) is 11.3 Å². The van der Waals surface area contributed by atoms with Crippen LogP contribution < -0.4 is 15.8 Å². The van der Waals surface area contributed by atoms with Crippen LogP contribution in [0, 0.1) is 0 Å². The molecule has 0 unspecified atom stereocenters. The van der Waals surface area contributed by atoms with E-state index in [1.54, 1.807) is 11.3 Å². The van der Waals surface area contributed by atoms with Gasteiger partial charge < -0.3 is 15.8 Å². The lowest BCUT2D eigenvalue weighted by Gasteiger charge is -2.07. The smallest absolute Gasteiger partial charge is 0.188 e. The van der Waals surface area contributed by atoms with Crippen molar-refractivity contribution in [1.82, 2.24) is 5.32 Å². The minimum Gasteiger partial charge on any atom is -0.489 e. The average molecular weight is 366 g/mol. The quantitative estimate of drug-likeness (QED) is 0.469. The lowest BCUT2D eigenvalue weighted by molar-refractivity contribution is 0.306. The van der Waals surface area contributed by atoms with E-state index in [2.05, 4.69) is 52.1 Å². The molecule has 0 amide bonds. The molecule has 1 heterocycles. The van der Waals surface area contributed by atoms with E-state index < -0.39 is 0 Å². The van der Waals surface area contributed by atoms with Gasteiger partial charge in [-0.2, -0.15) is 0 Å². The highest BCUT2D eigenvalue weighted by Gasteiger charge is 1.98. The van der Waals surface area contributed by atoms with E-state index in [0.717, 1.165) is 29.8 Å². The molecule has 0 aliphatic rings. The molecule has 0 aliphatic heterocycles. The van der Waals surface area contributed by atoms with Crippen molar-refractivity contribution in [2.45, 2.75) is 19.6 Å². The number of rotatable bonds is 8. The Balaban J connectivity index is 1.41. The summed E-state index contributed by atoms with van der Waals surface area (Å²) in [7, 11) is 0. The van der Waals surface area contributed by atoms with Crippen molar-refractivity contribution in [3.05, 3.63) is 88.1 Å². The summed E-state index contributed by atoms with van der Waals surface area (Å²) in [6.45, 7) is 1.92. The highest BCUT2D eigenvalue weighted by Crippen LogP contribution is 2.12. The molecule has 0 bridgehead atoms. The number of hydrogen-bond donors (Lipinski definition) is 2. The maximum absolute atomic E-state index is 5.93. The molecule has 0 saturated heterocycles. The van der Waals surface area contributed by atoms with Crippen LogP contribution in [-0.4, -0.2) is 12.5 Å². The Morgan fingerprint density at radius 2 is 1.73 bits per heavy atom. The highest BCUT2D eigenvalue weighted by molar-refractivity contribution is 7.09. The molecule has 134 valence electrons. The van der Waals surface area contributed by atoms with E-state index in [-0.39, 0.29) is 0 Å². The van der Waals surface area contributed by atoms with Crippen LogP contribution in [0.4, 0.5) is 0 Å². The third kappa shape index (κ3) is 5.93. The van der Waals surface area contributed by atoms with Crippen LogP contribution in [0.15, 0.2) is 77.1 Å². The Morgan fingerprint density at radius 1 is 0.962 bits per heavy atom. The van der Waals surface area contributed by atoms with Crippen LogP contribution >= 0.6 is 11.3 Å². The van der Waals surface area contributed by atoms with Gasteiger partial charge in [-0.3, -0.25) is 0 Å². The fourth-order valence-corrected chi connectivity index (χ4v) is 3.13. The molecule has 5 heteroatoms. The average Bonchev–Trinajstić information content (AvgIpc) is 3.20. The van der Waals surface area contributed by atoms with E-state index in [9.17, 15) is 0 Å². The minimum absolute atomic E-state index is 0.484. The molecule has 2 aromatic carbocycles. The molecule has 26 heavy (non-hydrogen) atoms. The number of nitrogens with one attached hydrogen (secondary N) is 1. The van der Waals surface area contributed by atoms with Crippen molar-refractivity contribution >= 4 is 17.3 Å². The van der Waals surface area contributed by atoms with Gasteiger partial charge in [-0.05, 0) is 41.1 Å². The lowest BCUT2D eigenvalue weighted by atomic mass is 10.1. The Bertz CT molecular complexity index is 799. The van der Waals surface area contributed by atoms with E-state index in [4.69, 9.17) is 10.5 Å². The zero-order chi connectivity index (χ0) is 18.0. The Kier molecular flexibility index (Phi) is 6.67. The molecule has 0 aliphatic carbocycles. The first-order chi connectivity index (χ1) is 12.8. The second kappa shape index (κ2) is 9.63. The number of ether oxygens (including phenoxy) is 1. The lowest BCUT2D eigenvalue weighted by Crippen LogP contribution is -2.33. The van der Waals surface area contributed by atoms with Gasteiger partial charge in [-0.1, -0.05) is 48.5 Å². The molecule has 1 aromatic heterocycles. The first-order valence-corrected chi connectivity index (χ1v) is 9.49. The van der Waals surface area contributed by atoms with Crippen molar-refractivity contribution in [2.24, 2.45) is 10.7 Å². The number of thiophene rings is 1. The third-order valence-electron chi connectivity index (χ3n) is 3.86. The maximum atomic E-state index is 5.93. The number of para-hydroxylation sites is 1. The normalized spacial score (nSPS) is 11.3.